The molecular weight excluding hydrogens is 282 g/mol. The lowest BCUT2D eigenvalue weighted by atomic mass is 10.1. The SMILES string of the molecule is CC1CN(C(=O)c2cc(Br)c[nH]2)CC1N(C)C. The standard InChI is InChI=1S/C12H18BrN3O/c1-8-6-16(7-11(8)15(2)3)12(17)10-4-9(13)5-14-10/h4-5,8,11,14H,6-7H2,1-3H3. The van der Waals surface area contributed by atoms with Crippen LogP contribution in [-0.4, -0.2) is 53.9 Å². The maximum Gasteiger partial charge on any atom is 0.270 e. The Morgan fingerprint density at radius 1 is 1.53 bits per heavy atom. The van der Waals surface area contributed by atoms with Crippen LogP contribution in [-0.2, 0) is 0 Å². The van der Waals surface area contributed by atoms with E-state index in [4.69, 9.17) is 0 Å². The highest BCUT2D eigenvalue weighted by Gasteiger charge is 2.34. The second-order valence-corrected chi connectivity index (χ2v) is 5.87. The summed E-state index contributed by atoms with van der Waals surface area (Å²) >= 11 is 3.35. The van der Waals surface area contributed by atoms with Gasteiger partial charge in [0.05, 0.1) is 0 Å². The Morgan fingerprint density at radius 3 is 2.71 bits per heavy atom. The maximum absolute atomic E-state index is 12.2. The molecule has 2 atom stereocenters. The molecule has 0 saturated carbocycles. The Bertz CT molecular complexity index is 416. The molecule has 0 aliphatic carbocycles. The molecule has 17 heavy (non-hydrogen) atoms. The van der Waals surface area contributed by atoms with Crippen molar-refractivity contribution < 1.29 is 4.79 Å². The number of aromatic amines is 1. The van der Waals surface area contributed by atoms with Gasteiger partial charge in [-0.25, -0.2) is 0 Å². The number of hydrogen-bond acceptors (Lipinski definition) is 2. The van der Waals surface area contributed by atoms with E-state index in [1.54, 1.807) is 6.20 Å². The predicted molar refractivity (Wildman–Crippen MR) is 71.0 cm³/mol. The number of likely N-dealkylation sites (N-methyl/N-ethyl adjacent to an activating group) is 1. The van der Waals surface area contributed by atoms with Crippen molar-refractivity contribution in [2.24, 2.45) is 5.92 Å². The zero-order valence-corrected chi connectivity index (χ0v) is 12.0. The summed E-state index contributed by atoms with van der Waals surface area (Å²) in [6, 6.07) is 2.29. The van der Waals surface area contributed by atoms with E-state index in [9.17, 15) is 4.79 Å². The zero-order chi connectivity index (χ0) is 12.6. The second-order valence-electron chi connectivity index (χ2n) is 4.95. The number of nitrogens with zero attached hydrogens (tertiary/aromatic N) is 2. The van der Waals surface area contributed by atoms with Gasteiger partial charge in [-0.1, -0.05) is 6.92 Å². The highest BCUT2D eigenvalue weighted by molar-refractivity contribution is 9.10. The van der Waals surface area contributed by atoms with Crippen molar-refractivity contribution in [3.63, 3.8) is 0 Å². The number of likely N-dealkylation sites (tertiary alicyclic amines) is 1. The number of amides is 1. The van der Waals surface area contributed by atoms with Crippen molar-refractivity contribution in [3.8, 4) is 0 Å². The zero-order valence-electron chi connectivity index (χ0n) is 10.4. The van der Waals surface area contributed by atoms with Gasteiger partial charge in [0, 0.05) is 29.8 Å². The molecule has 4 nitrogen and oxygen atoms in total. The highest BCUT2D eigenvalue weighted by Crippen LogP contribution is 2.22. The molecule has 1 amide bonds. The minimum Gasteiger partial charge on any atom is -0.356 e. The second kappa shape index (κ2) is 4.82. The van der Waals surface area contributed by atoms with Crippen molar-refractivity contribution in [2.75, 3.05) is 27.2 Å². The van der Waals surface area contributed by atoms with Gasteiger partial charge in [-0.2, -0.15) is 0 Å². The smallest absolute Gasteiger partial charge is 0.270 e. The quantitative estimate of drug-likeness (QED) is 0.904. The van der Waals surface area contributed by atoms with Crippen LogP contribution in [0.15, 0.2) is 16.7 Å². The number of carbonyl (C=O) groups is 1. The van der Waals surface area contributed by atoms with Crippen LogP contribution in [0.1, 0.15) is 17.4 Å². The van der Waals surface area contributed by atoms with E-state index in [-0.39, 0.29) is 5.91 Å². The normalized spacial score (nSPS) is 24.6. The number of carbonyl (C=O) groups excluding carboxylic acids is 1. The van der Waals surface area contributed by atoms with Gasteiger partial charge >= 0.3 is 0 Å². The molecule has 1 aromatic heterocycles. The molecule has 0 bridgehead atoms. The van der Waals surface area contributed by atoms with Gasteiger partial charge in [-0.05, 0) is 42.0 Å². The molecule has 1 saturated heterocycles. The van der Waals surface area contributed by atoms with Crippen molar-refractivity contribution in [1.82, 2.24) is 14.8 Å². The number of hydrogen-bond donors (Lipinski definition) is 1. The van der Waals surface area contributed by atoms with Crippen LogP contribution in [0.2, 0.25) is 0 Å². The van der Waals surface area contributed by atoms with Crippen molar-refractivity contribution >= 4 is 21.8 Å². The molecule has 2 unspecified atom stereocenters. The third-order valence-electron chi connectivity index (χ3n) is 3.40. The third kappa shape index (κ3) is 2.55. The lowest BCUT2D eigenvalue weighted by Crippen LogP contribution is -2.35. The first-order chi connectivity index (χ1) is 7.99. The summed E-state index contributed by atoms with van der Waals surface area (Å²) in [5.74, 6) is 0.610. The Hall–Kier alpha value is -0.810. The molecular formula is C12H18BrN3O. The monoisotopic (exact) mass is 299 g/mol. The van der Waals surface area contributed by atoms with Crippen molar-refractivity contribution in [2.45, 2.75) is 13.0 Å². The van der Waals surface area contributed by atoms with Crippen LogP contribution < -0.4 is 0 Å². The Kier molecular flexibility index (Phi) is 3.58. The molecule has 1 aliphatic heterocycles. The van der Waals surface area contributed by atoms with E-state index < -0.39 is 0 Å². The maximum atomic E-state index is 12.2. The Morgan fingerprint density at radius 2 is 2.24 bits per heavy atom. The number of H-pyrrole nitrogens is 1. The summed E-state index contributed by atoms with van der Waals surface area (Å²) in [6.07, 6.45) is 1.79. The largest absolute Gasteiger partial charge is 0.356 e. The van der Waals surface area contributed by atoms with E-state index in [0.717, 1.165) is 17.6 Å². The first kappa shape index (κ1) is 12.6. The van der Waals surface area contributed by atoms with Gasteiger partial charge < -0.3 is 14.8 Å². The fourth-order valence-corrected chi connectivity index (χ4v) is 2.79. The topological polar surface area (TPSA) is 39.3 Å². The summed E-state index contributed by atoms with van der Waals surface area (Å²) in [5, 5.41) is 0. The predicted octanol–water partition coefficient (Wildman–Crippen LogP) is 1.80. The van der Waals surface area contributed by atoms with Crippen LogP contribution in [0.25, 0.3) is 0 Å². The van der Waals surface area contributed by atoms with Crippen molar-refractivity contribution in [1.29, 1.82) is 0 Å². The summed E-state index contributed by atoms with van der Waals surface area (Å²) in [6.45, 7) is 3.84. The van der Waals surface area contributed by atoms with E-state index in [0.29, 0.717) is 17.7 Å². The molecule has 0 radical (unpaired) electrons. The van der Waals surface area contributed by atoms with E-state index in [1.165, 1.54) is 0 Å². The number of nitrogens with one attached hydrogen (secondary N) is 1. The van der Waals surface area contributed by atoms with Gasteiger partial charge in [0.15, 0.2) is 0 Å². The van der Waals surface area contributed by atoms with Gasteiger partial charge in [0.1, 0.15) is 5.69 Å². The first-order valence-electron chi connectivity index (χ1n) is 5.78. The van der Waals surface area contributed by atoms with Crippen LogP contribution in [0.4, 0.5) is 0 Å². The van der Waals surface area contributed by atoms with E-state index in [2.05, 4.69) is 46.8 Å². The molecule has 0 aromatic carbocycles. The molecule has 0 spiro atoms. The van der Waals surface area contributed by atoms with Gasteiger partial charge in [-0.15, -0.1) is 0 Å². The first-order valence-corrected chi connectivity index (χ1v) is 6.58. The number of rotatable bonds is 2. The summed E-state index contributed by atoms with van der Waals surface area (Å²) in [5.41, 5.74) is 0.656. The fraction of sp³-hybridized carbons (Fsp3) is 0.583. The average Bonchev–Trinajstić information content (AvgIpc) is 2.83. The van der Waals surface area contributed by atoms with Crippen molar-refractivity contribution in [3.05, 3.63) is 22.4 Å². The average molecular weight is 300 g/mol. The molecule has 2 heterocycles. The van der Waals surface area contributed by atoms with Crippen LogP contribution >= 0.6 is 15.9 Å². The van der Waals surface area contributed by atoms with E-state index >= 15 is 0 Å². The van der Waals surface area contributed by atoms with Gasteiger partial charge in [-0.3, -0.25) is 4.79 Å². The van der Waals surface area contributed by atoms with Crippen LogP contribution in [0.5, 0.6) is 0 Å². The third-order valence-corrected chi connectivity index (χ3v) is 3.86. The molecule has 1 aromatic rings. The fourth-order valence-electron chi connectivity index (χ4n) is 2.45. The highest BCUT2D eigenvalue weighted by atomic mass is 79.9. The summed E-state index contributed by atoms with van der Waals surface area (Å²) in [4.78, 5) is 19.3. The minimum atomic E-state index is 0.0897. The Balaban J connectivity index is 2.08. The molecule has 1 fully saturated rings. The molecule has 94 valence electrons. The van der Waals surface area contributed by atoms with E-state index in [1.807, 2.05) is 11.0 Å². The molecule has 1 N–H and O–H groups in total. The number of aromatic nitrogens is 1. The lowest BCUT2D eigenvalue weighted by molar-refractivity contribution is 0.0776. The molecule has 5 heteroatoms. The Labute approximate surface area is 110 Å². The summed E-state index contributed by atoms with van der Waals surface area (Å²) < 4.78 is 0.914. The van der Waals surface area contributed by atoms with Crippen LogP contribution in [0, 0.1) is 5.92 Å². The molecule has 2 rings (SSSR count). The number of halogens is 1. The minimum absolute atomic E-state index is 0.0897. The van der Waals surface area contributed by atoms with Gasteiger partial charge in [0.2, 0.25) is 0 Å². The lowest BCUT2D eigenvalue weighted by Gasteiger charge is -2.22. The molecule has 1 aliphatic rings. The van der Waals surface area contributed by atoms with Crippen LogP contribution in [0.3, 0.4) is 0 Å². The van der Waals surface area contributed by atoms with Gasteiger partial charge in [0.25, 0.3) is 5.91 Å². The summed E-state index contributed by atoms with van der Waals surface area (Å²) in [7, 11) is 4.14.